The highest BCUT2D eigenvalue weighted by atomic mass is 32.1. The fourth-order valence-electron chi connectivity index (χ4n) is 2.73. The van der Waals surface area contributed by atoms with E-state index in [0.717, 1.165) is 22.2 Å². The third kappa shape index (κ3) is 3.71. The van der Waals surface area contributed by atoms with Crippen molar-refractivity contribution >= 4 is 34.1 Å². The van der Waals surface area contributed by atoms with E-state index >= 15 is 0 Å². The van der Waals surface area contributed by atoms with Gasteiger partial charge < -0.3 is 15.0 Å². The summed E-state index contributed by atoms with van der Waals surface area (Å²) in [5, 5.41) is 13.7. The molecule has 6 nitrogen and oxygen atoms in total. The van der Waals surface area contributed by atoms with Gasteiger partial charge in [-0.3, -0.25) is 4.79 Å². The molecule has 0 fully saturated rings. The molecule has 0 saturated carbocycles. The zero-order valence-corrected chi connectivity index (χ0v) is 14.8. The second-order valence-electron chi connectivity index (χ2n) is 5.88. The van der Waals surface area contributed by atoms with Crippen LogP contribution in [0.4, 0.5) is 0 Å². The first-order valence-corrected chi connectivity index (χ1v) is 8.81. The zero-order valence-electron chi connectivity index (χ0n) is 14.0. The maximum absolute atomic E-state index is 12.2. The molecule has 1 unspecified atom stereocenters. The number of amides is 1. The third-order valence-corrected chi connectivity index (χ3v) is 5.34. The lowest BCUT2D eigenvalue weighted by molar-refractivity contribution is -0.121. The molecule has 0 bridgehead atoms. The lowest BCUT2D eigenvalue weighted by Crippen LogP contribution is -2.27. The van der Waals surface area contributed by atoms with Crippen LogP contribution >= 0.6 is 11.3 Å². The Kier molecular flexibility index (Phi) is 4.85. The summed E-state index contributed by atoms with van der Waals surface area (Å²) in [4.78, 5) is 27.8. The van der Waals surface area contributed by atoms with Gasteiger partial charge in [0.1, 0.15) is 9.88 Å². The van der Waals surface area contributed by atoms with Gasteiger partial charge in [0.15, 0.2) is 0 Å². The third-order valence-electron chi connectivity index (χ3n) is 4.02. The van der Waals surface area contributed by atoms with Crippen LogP contribution in [-0.2, 0) is 11.3 Å². The van der Waals surface area contributed by atoms with E-state index in [0.29, 0.717) is 23.7 Å². The molecule has 7 heteroatoms. The van der Waals surface area contributed by atoms with Crippen LogP contribution in [-0.4, -0.2) is 26.5 Å². The van der Waals surface area contributed by atoms with Gasteiger partial charge in [-0.05, 0) is 31.4 Å². The Bertz CT molecular complexity index is 929. The molecule has 1 amide bonds. The Morgan fingerprint density at radius 1 is 1.32 bits per heavy atom. The Morgan fingerprint density at radius 3 is 2.80 bits per heavy atom. The molecule has 0 aliphatic rings. The molecular weight excluding hydrogens is 338 g/mol. The summed E-state index contributed by atoms with van der Waals surface area (Å²) in [6, 6.07) is 9.75. The van der Waals surface area contributed by atoms with Crippen LogP contribution in [0.3, 0.4) is 0 Å². The van der Waals surface area contributed by atoms with E-state index in [1.807, 2.05) is 43.5 Å². The number of carbonyl (C=O) groups is 2. The monoisotopic (exact) mass is 357 g/mol. The van der Waals surface area contributed by atoms with Crippen LogP contribution in [0.15, 0.2) is 36.5 Å². The number of para-hydroxylation sites is 1. The van der Waals surface area contributed by atoms with E-state index in [9.17, 15) is 9.59 Å². The number of thiazole rings is 1. The van der Waals surface area contributed by atoms with Crippen LogP contribution in [0.25, 0.3) is 10.9 Å². The average Bonchev–Trinajstić information content (AvgIpc) is 3.16. The molecule has 2 heterocycles. The molecule has 1 atom stereocenters. The Balaban J connectivity index is 1.60. The molecule has 25 heavy (non-hydrogen) atoms. The number of benzene rings is 1. The molecule has 1 aromatic carbocycles. The highest BCUT2D eigenvalue weighted by Crippen LogP contribution is 2.23. The van der Waals surface area contributed by atoms with Crippen LogP contribution in [0.2, 0.25) is 0 Å². The number of nitrogens with one attached hydrogen (secondary N) is 1. The highest BCUT2D eigenvalue weighted by Gasteiger charge is 2.19. The molecule has 130 valence electrons. The van der Waals surface area contributed by atoms with Crippen molar-refractivity contribution in [2.75, 3.05) is 0 Å². The van der Waals surface area contributed by atoms with Gasteiger partial charge in [0.2, 0.25) is 5.91 Å². The zero-order chi connectivity index (χ0) is 18.0. The van der Waals surface area contributed by atoms with Gasteiger partial charge in [-0.2, -0.15) is 0 Å². The van der Waals surface area contributed by atoms with Crippen molar-refractivity contribution in [1.29, 1.82) is 0 Å². The van der Waals surface area contributed by atoms with E-state index in [-0.39, 0.29) is 16.8 Å². The van der Waals surface area contributed by atoms with Gasteiger partial charge >= 0.3 is 5.97 Å². The van der Waals surface area contributed by atoms with Crippen molar-refractivity contribution in [2.24, 2.45) is 0 Å². The number of hydrogen-bond donors (Lipinski definition) is 2. The van der Waals surface area contributed by atoms with Crippen molar-refractivity contribution in [3.8, 4) is 0 Å². The summed E-state index contributed by atoms with van der Waals surface area (Å²) in [6.45, 7) is 4.06. The number of fused-ring (bicyclic) bond motifs is 1. The first kappa shape index (κ1) is 17.2. The molecule has 3 rings (SSSR count). The molecule has 0 saturated heterocycles. The van der Waals surface area contributed by atoms with Crippen molar-refractivity contribution in [3.63, 3.8) is 0 Å². The minimum absolute atomic E-state index is 0.0880. The van der Waals surface area contributed by atoms with Crippen molar-refractivity contribution in [1.82, 2.24) is 14.9 Å². The second kappa shape index (κ2) is 7.06. The minimum atomic E-state index is -0.987. The molecule has 0 radical (unpaired) electrons. The standard InChI is InChI=1S/C18H19N3O3S/c1-11-16(18(23)24)25-17(20-11)12(2)19-15(22)8-10-21-9-7-13-5-3-4-6-14(13)21/h3-7,9,12H,8,10H2,1-2H3,(H,19,22)(H,23,24). The summed E-state index contributed by atoms with van der Waals surface area (Å²) in [6.07, 6.45) is 2.32. The van der Waals surface area contributed by atoms with Crippen molar-refractivity contribution in [3.05, 3.63) is 52.1 Å². The summed E-state index contributed by atoms with van der Waals surface area (Å²) in [5.74, 6) is -1.07. The van der Waals surface area contributed by atoms with E-state index < -0.39 is 5.97 Å². The molecule has 0 spiro atoms. The van der Waals surface area contributed by atoms with Crippen molar-refractivity contribution in [2.45, 2.75) is 32.9 Å². The van der Waals surface area contributed by atoms with Crippen LogP contribution in [0, 0.1) is 6.92 Å². The van der Waals surface area contributed by atoms with Gasteiger partial charge in [0.05, 0.1) is 11.7 Å². The van der Waals surface area contributed by atoms with E-state index in [2.05, 4.69) is 14.9 Å². The van der Waals surface area contributed by atoms with Crippen LogP contribution < -0.4 is 5.32 Å². The number of rotatable bonds is 6. The van der Waals surface area contributed by atoms with E-state index in [1.54, 1.807) is 6.92 Å². The first-order valence-electron chi connectivity index (χ1n) is 7.99. The topological polar surface area (TPSA) is 84.2 Å². The van der Waals surface area contributed by atoms with Gasteiger partial charge in [0, 0.05) is 24.7 Å². The van der Waals surface area contributed by atoms with Gasteiger partial charge in [-0.15, -0.1) is 11.3 Å². The van der Waals surface area contributed by atoms with Crippen LogP contribution in [0.1, 0.15) is 39.8 Å². The summed E-state index contributed by atoms with van der Waals surface area (Å²) in [7, 11) is 0. The molecule has 2 N–H and O–H groups in total. The summed E-state index contributed by atoms with van der Waals surface area (Å²) in [5.41, 5.74) is 1.58. The Labute approximate surface area is 149 Å². The summed E-state index contributed by atoms with van der Waals surface area (Å²) >= 11 is 1.10. The van der Waals surface area contributed by atoms with Crippen LogP contribution in [0.5, 0.6) is 0 Å². The number of aromatic carboxylic acids is 1. The van der Waals surface area contributed by atoms with Crippen molar-refractivity contribution < 1.29 is 14.7 Å². The number of hydrogen-bond acceptors (Lipinski definition) is 4. The quantitative estimate of drug-likeness (QED) is 0.708. The second-order valence-corrected chi connectivity index (χ2v) is 6.91. The normalized spacial score (nSPS) is 12.2. The molecule has 3 aromatic rings. The predicted octanol–water partition coefficient (Wildman–Crippen LogP) is 3.37. The predicted molar refractivity (Wildman–Crippen MR) is 96.9 cm³/mol. The maximum Gasteiger partial charge on any atom is 0.347 e. The maximum atomic E-state index is 12.2. The smallest absolute Gasteiger partial charge is 0.347 e. The minimum Gasteiger partial charge on any atom is -0.477 e. The molecule has 0 aliphatic heterocycles. The number of carbonyl (C=O) groups excluding carboxylic acids is 1. The first-order chi connectivity index (χ1) is 12.0. The fourth-order valence-corrected chi connectivity index (χ4v) is 3.64. The number of carboxylic acids is 1. The summed E-state index contributed by atoms with van der Waals surface area (Å²) < 4.78 is 2.05. The Morgan fingerprint density at radius 2 is 2.08 bits per heavy atom. The number of aromatic nitrogens is 2. The van der Waals surface area contributed by atoms with E-state index in [4.69, 9.17) is 5.11 Å². The van der Waals surface area contributed by atoms with E-state index in [1.165, 1.54) is 0 Å². The number of aryl methyl sites for hydroxylation is 2. The highest BCUT2D eigenvalue weighted by molar-refractivity contribution is 7.13. The number of carboxylic acid groups (broad SMARTS) is 1. The van der Waals surface area contributed by atoms with Gasteiger partial charge in [-0.1, -0.05) is 18.2 Å². The number of nitrogens with zero attached hydrogens (tertiary/aromatic N) is 2. The lowest BCUT2D eigenvalue weighted by atomic mass is 10.2. The Hall–Kier alpha value is -2.67. The van der Waals surface area contributed by atoms with Gasteiger partial charge in [-0.25, -0.2) is 9.78 Å². The lowest BCUT2D eigenvalue weighted by Gasteiger charge is -2.12. The SMILES string of the molecule is Cc1nc(C(C)NC(=O)CCn2ccc3ccccc32)sc1C(=O)O. The van der Waals surface area contributed by atoms with Gasteiger partial charge in [0.25, 0.3) is 0 Å². The molecular formula is C18H19N3O3S. The fraction of sp³-hybridized carbons (Fsp3) is 0.278. The molecule has 0 aliphatic carbocycles. The average molecular weight is 357 g/mol. The molecule has 2 aromatic heterocycles. The largest absolute Gasteiger partial charge is 0.477 e.